The molecule has 2 aliphatic heterocycles. The number of anilines is 1. The van der Waals surface area contributed by atoms with E-state index in [1.165, 1.54) is 12.4 Å². The van der Waals surface area contributed by atoms with Crippen molar-refractivity contribution in [1.29, 1.82) is 0 Å². The number of likely N-dealkylation sites (tertiary alicyclic amines) is 1. The van der Waals surface area contributed by atoms with Crippen molar-refractivity contribution in [2.24, 2.45) is 17.6 Å². The third kappa shape index (κ3) is 7.03. The smallest absolute Gasteiger partial charge is 0.410 e. The lowest BCUT2D eigenvalue weighted by molar-refractivity contribution is -0.121. The quantitative estimate of drug-likeness (QED) is 0.261. The molecule has 1 saturated heterocycles. The molecule has 0 spiro atoms. The number of benzene rings is 1. The van der Waals surface area contributed by atoms with E-state index in [0.717, 1.165) is 0 Å². The predicted octanol–water partition coefficient (Wildman–Crippen LogP) is 5.58. The summed E-state index contributed by atoms with van der Waals surface area (Å²) in [6.45, 7) is 12.8. The monoisotopic (exact) mass is 688 g/mol. The first-order chi connectivity index (χ1) is 23.2. The van der Waals surface area contributed by atoms with Crippen LogP contribution in [0.25, 0.3) is 22.2 Å². The fourth-order valence-corrected chi connectivity index (χ4v) is 6.63. The second-order valence-electron chi connectivity index (χ2n) is 14.1. The van der Waals surface area contributed by atoms with Crippen molar-refractivity contribution in [3.05, 3.63) is 58.9 Å². The highest BCUT2D eigenvalue weighted by Crippen LogP contribution is 2.42. The number of aromatic nitrogens is 5. The maximum absolute atomic E-state index is 13.2. The van der Waals surface area contributed by atoms with E-state index in [2.05, 4.69) is 30.7 Å². The lowest BCUT2D eigenvalue weighted by Gasteiger charge is -2.37. The molecular formula is C35H41ClN8O5. The van der Waals surface area contributed by atoms with Crippen LogP contribution in [-0.2, 0) is 22.5 Å². The summed E-state index contributed by atoms with van der Waals surface area (Å²) in [5.74, 6) is 0.289. The first kappa shape index (κ1) is 34.1. The molecule has 0 unspecified atom stereocenters. The molecule has 49 heavy (non-hydrogen) atoms. The number of primary amides is 1. The zero-order valence-electron chi connectivity index (χ0n) is 28.6. The van der Waals surface area contributed by atoms with Crippen LogP contribution in [0.3, 0.4) is 0 Å². The number of ether oxygens (including phenoxy) is 2. The van der Waals surface area contributed by atoms with Gasteiger partial charge in [-0.2, -0.15) is 5.10 Å². The Bertz CT molecular complexity index is 1920. The summed E-state index contributed by atoms with van der Waals surface area (Å²) in [5.41, 5.74) is 8.88. The van der Waals surface area contributed by atoms with Crippen molar-refractivity contribution in [2.45, 2.75) is 72.6 Å². The highest BCUT2D eigenvalue weighted by molar-refractivity contribution is 6.30. The van der Waals surface area contributed by atoms with Crippen LogP contribution >= 0.6 is 11.6 Å². The number of hydrogen-bond acceptors (Lipinski definition) is 9. The number of nitrogens with zero attached hydrogens (tertiary/aromatic N) is 7. The van der Waals surface area contributed by atoms with Crippen LogP contribution in [-0.4, -0.2) is 72.8 Å². The number of pyridine rings is 1. The molecule has 5 heterocycles. The van der Waals surface area contributed by atoms with E-state index in [0.29, 0.717) is 81.6 Å². The van der Waals surface area contributed by atoms with E-state index in [1.807, 2.05) is 37.6 Å². The van der Waals surface area contributed by atoms with E-state index < -0.39 is 11.5 Å². The highest BCUT2D eigenvalue weighted by atomic mass is 35.5. The number of halogens is 1. The Balaban J connectivity index is 1.41. The van der Waals surface area contributed by atoms with Crippen LogP contribution in [0.5, 0.6) is 5.75 Å². The number of hydrogen-bond donors (Lipinski definition) is 1. The van der Waals surface area contributed by atoms with Gasteiger partial charge in [0.25, 0.3) is 11.8 Å². The van der Waals surface area contributed by atoms with Crippen LogP contribution in [0.4, 0.5) is 10.5 Å². The average Bonchev–Trinajstić information content (AvgIpc) is 3.44. The third-order valence-electron chi connectivity index (χ3n) is 8.66. The van der Waals surface area contributed by atoms with Gasteiger partial charge in [0, 0.05) is 36.4 Å². The molecular weight excluding hydrogens is 648 g/mol. The topological polar surface area (TPSA) is 159 Å². The molecule has 0 bridgehead atoms. The van der Waals surface area contributed by atoms with Crippen LogP contribution < -0.4 is 15.4 Å². The first-order valence-corrected chi connectivity index (χ1v) is 16.8. The summed E-state index contributed by atoms with van der Waals surface area (Å²) in [7, 11) is 0. The molecule has 258 valence electrons. The summed E-state index contributed by atoms with van der Waals surface area (Å²) in [6, 6.07) is 5.40. The molecule has 0 aliphatic carbocycles. The maximum atomic E-state index is 13.2. The molecule has 6 rings (SSSR count). The van der Waals surface area contributed by atoms with Gasteiger partial charge in [-0.1, -0.05) is 38.4 Å². The fraction of sp³-hybridized carbons (Fsp3) is 0.457. The van der Waals surface area contributed by atoms with Gasteiger partial charge in [0.2, 0.25) is 0 Å². The molecule has 1 fully saturated rings. The Hall–Kier alpha value is -4.78. The highest BCUT2D eigenvalue weighted by Gasteiger charge is 2.35. The lowest BCUT2D eigenvalue weighted by Crippen LogP contribution is -2.45. The van der Waals surface area contributed by atoms with Crippen LogP contribution in [0.1, 0.15) is 75.9 Å². The number of carbonyl (C=O) groups is 3. The normalized spacial score (nSPS) is 18.1. The number of fused-ring (bicyclic) bond motifs is 2. The maximum Gasteiger partial charge on any atom is 0.410 e. The summed E-state index contributed by atoms with van der Waals surface area (Å²) < 4.78 is 13.5. The lowest BCUT2D eigenvalue weighted by atomic mass is 9.91. The van der Waals surface area contributed by atoms with Crippen LogP contribution in [0.15, 0.2) is 36.8 Å². The first-order valence-electron chi connectivity index (χ1n) is 16.4. The van der Waals surface area contributed by atoms with Crippen molar-refractivity contribution in [1.82, 2.24) is 29.6 Å². The van der Waals surface area contributed by atoms with Gasteiger partial charge >= 0.3 is 6.09 Å². The van der Waals surface area contributed by atoms with Gasteiger partial charge < -0.3 is 20.1 Å². The van der Waals surface area contributed by atoms with Crippen molar-refractivity contribution in [3.8, 4) is 16.9 Å². The zero-order chi connectivity index (χ0) is 35.2. The summed E-state index contributed by atoms with van der Waals surface area (Å²) >= 11 is 5.96. The van der Waals surface area contributed by atoms with Gasteiger partial charge in [-0.25, -0.2) is 24.4 Å². The van der Waals surface area contributed by atoms with Crippen molar-refractivity contribution < 1.29 is 23.9 Å². The fourth-order valence-electron chi connectivity index (χ4n) is 6.53. The summed E-state index contributed by atoms with van der Waals surface area (Å²) in [6.07, 6.45) is 5.54. The number of carbonyl (C=O) groups excluding carboxylic acids is 3. The van der Waals surface area contributed by atoms with E-state index in [9.17, 15) is 14.4 Å². The Labute approximate surface area is 289 Å². The van der Waals surface area contributed by atoms with Crippen LogP contribution in [0, 0.1) is 11.8 Å². The molecule has 0 radical (unpaired) electrons. The largest absolute Gasteiger partial charge is 0.482 e. The standard InChI is InChI=1S/C35H41ClN8O5/c1-19(2)11-24-31(32(37)46)30(21-7-8-26-27(12-21)48-18-29(45)43(26)17-28-38-13-22(36)14-39-28)23-15-40-44(33(23)41-24)25-9-10-42(16-20(25)3)34(47)49-35(4,5)6/h7-8,12-15,19-20,25H,9-11,16-18H2,1-6H3,(H2,37,46)/t20-,25-/m1/s1. The van der Waals surface area contributed by atoms with Gasteiger partial charge in [-0.3, -0.25) is 14.5 Å². The predicted molar refractivity (Wildman–Crippen MR) is 184 cm³/mol. The van der Waals surface area contributed by atoms with Gasteiger partial charge in [-0.15, -0.1) is 0 Å². The molecule has 14 heteroatoms. The molecule has 4 aromatic rings. The molecule has 3 aromatic heterocycles. The average molecular weight is 689 g/mol. The molecule has 2 atom stereocenters. The summed E-state index contributed by atoms with van der Waals surface area (Å²) in [5, 5.41) is 5.90. The molecule has 2 aliphatic rings. The molecule has 0 saturated carbocycles. The molecule has 2 N–H and O–H groups in total. The Morgan fingerprint density at radius 1 is 1.16 bits per heavy atom. The second kappa shape index (κ2) is 13.3. The van der Waals surface area contributed by atoms with Gasteiger partial charge in [0.1, 0.15) is 17.2 Å². The minimum atomic E-state index is -0.595. The van der Waals surface area contributed by atoms with Crippen LogP contribution in [0.2, 0.25) is 5.02 Å². The second-order valence-corrected chi connectivity index (χ2v) is 14.6. The molecule has 13 nitrogen and oxygen atoms in total. The Kier molecular flexibility index (Phi) is 9.23. The van der Waals surface area contributed by atoms with Gasteiger partial charge in [-0.05, 0) is 63.1 Å². The van der Waals surface area contributed by atoms with E-state index in [-0.39, 0.29) is 43.0 Å². The van der Waals surface area contributed by atoms with Crippen molar-refractivity contribution in [3.63, 3.8) is 0 Å². The number of piperidine rings is 1. The SMILES string of the molecule is CC(C)Cc1nc2c(cnn2[C@@H]2CCN(C(=O)OC(C)(C)C)C[C@H]2C)c(-c2ccc3c(c2)OCC(=O)N3Cc2ncc(Cl)cn2)c1C(N)=O. The third-order valence-corrected chi connectivity index (χ3v) is 8.85. The van der Waals surface area contributed by atoms with E-state index in [4.69, 9.17) is 36.9 Å². The van der Waals surface area contributed by atoms with Gasteiger partial charge in [0.05, 0.1) is 40.8 Å². The Morgan fingerprint density at radius 3 is 2.55 bits per heavy atom. The van der Waals surface area contributed by atoms with Crippen molar-refractivity contribution >= 4 is 46.2 Å². The zero-order valence-corrected chi connectivity index (χ0v) is 29.3. The van der Waals surface area contributed by atoms with Crippen molar-refractivity contribution in [2.75, 3.05) is 24.6 Å². The molecule has 1 aromatic carbocycles. The minimum absolute atomic E-state index is 0.0456. The van der Waals surface area contributed by atoms with Gasteiger partial charge in [0.15, 0.2) is 12.3 Å². The number of amides is 3. The minimum Gasteiger partial charge on any atom is -0.482 e. The number of rotatable bonds is 7. The van der Waals surface area contributed by atoms with E-state index >= 15 is 0 Å². The Morgan fingerprint density at radius 2 is 1.90 bits per heavy atom. The summed E-state index contributed by atoms with van der Waals surface area (Å²) in [4.78, 5) is 55.9. The van der Waals surface area contributed by atoms with E-state index in [1.54, 1.807) is 22.1 Å². The molecule has 3 amide bonds. The number of nitrogens with two attached hydrogens (primary N) is 1.